The molecule has 1 aromatic heterocycles. The molecule has 0 amide bonds. The molecular formula is C23H26N2O2. The molecule has 2 aromatic carbocycles. The van der Waals surface area contributed by atoms with Gasteiger partial charge in [-0.3, -0.25) is 0 Å². The van der Waals surface area contributed by atoms with E-state index in [1.165, 1.54) is 11.3 Å². The number of aryl methyl sites for hydroxylation is 1. The molecule has 4 heteroatoms. The summed E-state index contributed by atoms with van der Waals surface area (Å²) in [5.74, 6) is 0.889. The molecule has 27 heavy (non-hydrogen) atoms. The minimum Gasteiger partial charge on any atom is -0.494 e. The van der Waals surface area contributed by atoms with Gasteiger partial charge >= 0.3 is 0 Å². The molecule has 0 N–H and O–H groups in total. The Morgan fingerprint density at radius 2 is 1.89 bits per heavy atom. The largest absolute Gasteiger partial charge is 0.494 e. The number of anilines is 1. The first kappa shape index (κ1) is 17.7. The Hall–Kier alpha value is -2.72. The summed E-state index contributed by atoms with van der Waals surface area (Å²) in [6.45, 7) is 6.49. The average molecular weight is 362 g/mol. The second kappa shape index (κ2) is 7.89. The molecule has 0 aliphatic carbocycles. The maximum absolute atomic E-state index is 6.06. The number of benzene rings is 2. The third-order valence-electron chi connectivity index (χ3n) is 4.99. The molecule has 1 fully saturated rings. The van der Waals surface area contributed by atoms with Crippen LogP contribution in [-0.4, -0.2) is 24.3 Å². The highest BCUT2D eigenvalue weighted by molar-refractivity contribution is 5.50. The van der Waals surface area contributed by atoms with Gasteiger partial charge in [-0.1, -0.05) is 25.1 Å². The fraction of sp³-hybridized carbons (Fsp3) is 0.304. The van der Waals surface area contributed by atoms with Gasteiger partial charge in [0.05, 0.1) is 13.2 Å². The van der Waals surface area contributed by atoms with Gasteiger partial charge < -0.3 is 18.9 Å². The molecule has 1 atom stereocenters. The Bertz CT molecular complexity index is 885. The van der Waals surface area contributed by atoms with Crippen LogP contribution >= 0.6 is 0 Å². The number of nitrogens with zero attached hydrogens (tertiary/aromatic N) is 2. The zero-order valence-corrected chi connectivity index (χ0v) is 16.0. The van der Waals surface area contributed by atoms with Crippen molar-refractivity contribution in [3.63, 3.8) is 0 Å². The summed E-state index contributed by atoms with van der Waals surface area (Å²) in [4.78, 5) is 2.33. The number of rotatable bonds is 6. The summed E-state index contributed by atoms with van der Waals surface area (Å²) in [5, 5.41) is 0. The predicted molar refractivity (Wildman–Crippen MR) is 109 cm³/mol. The van der Waals surface area contributed by atoms with E-state index in [9.17, 15) is 0 Å². The molecule has 1 unspecified atom stereocenters. The lowest BCUT2D eigenvalue weighted by Gasteiger charge is -2.24. The molecule has 0 saturated carbocycles. The molecule has 0 bridgehead atoms. The first-order valence-electron chi connectivity index (χ1n) is 9.67. The van der Waals surface area contributed by atoms with Crippen LogP contribution in [0.5, 0.6) is 5.75 Å². The van der Waals surface area contributed by atoms with Gasteiger partial charge in [-0.05, 0) is 49.2 Å². The van der Waals surface area contributed by atoms with Crippen LogP contribution in [0.15, 0.2) is 67.0 Å². The third kappa shape index (κ3) is 3.71. The molecular weight excluding hydrogens is 336 g/mol. The lowest BCUT2D eigenvalue weighted by Crippen LogP contribution is -2.22. The SMILES string of the molecule is CCOc1cccc(-n2ccc(C3OCCN3c3ccc(CC)cc3)c2)c1. The number of aromatic nitrogens is 1. The van der Waals surface area contributed by atoms with Crippen LogP contribution in [-0.2, 0) is 11.2 Å². The molecule has 1 aliphatic heterocycles. The topological polar surface area (TPSA) is 26.6 Å². The van der Waals surface area contributed by atoms with Crippen LogP contribution in [0, 0.1) is 0 Å². The molecule has 4 rings (SSSR count). The van der Waals surface area contributed by atoms with Gasteiger partial charge in [0.25, 0.3) is 0 Å². The van der Waals surface area contributed by atoms with E-state index < -0.39 is 0 Å². The van der Waals surface area contributed by atoms with Gasteiger partial charge in [-0.25, -0.2) is 0 Å². The second-order valence-electron chi connectivity index (χ2n) is 6.72. The van der Waals surface area contributed by atoms with Crippen LogP contribution in [0.1, 0.15) is 31.2 Å². The zero-order valence-electron chi connectivity index (χ0n) is 16.0. The maximum atomic E-state index is 6.06. The Balaban J connectivity index is 1.57. The molecule has 1 aliphatic rings. The Kier molecular flexibility index (Phi) is 5.16. The van der Waals surface area contributed by atoms with Gasteiger partial charge in [-0.15, -0.1) is 0 Å². The average Bonchev–Trinajstić information content (AvgIpc) is 3.38. The van der Waals surface area contributed by atoms with Gasteiger partial charge in [0.15, 0.2) is 6.23 Å². The number of hydrogen-bond acceptors (Lipinski definition) is 3. The minimum absolute atomic E-state index is 0.0474. The smallest absolute Gasteiger partial charge is 0.158 e. The first-order valence-corrected chi connectivity index (χ1v) is 9.67. The van der Waals surface area contributed by atoms with Crippen LogP contribution < -0.4 is 9.64 Å². The lowest BCUT2D eigenvalue weighted by atomic mass is 10.1. The van der Waals surface area contributed by atoms with E-state index in [1.807, 2.05) is 19.1 Å². The minimum atomic E-state index is -0.0474. The van der Waals surface area contributed by atoms with E-state index in [2.05, 4.69) is 71.2 Å². The van der Waals surface area contributed by atoms with Crippen molar-refractivity contribution in [2.45, 2.75) is 26.5 Å². The number of hydrogen-bond donors (Lipinski definition) is 0. The van der Waals surface area contributed by atoms with E-state index in [0.29, 0.717) is 6.61 Å². The van der Waals surface area contributed by atoms with Crippen molar-refractivity contribution in [1.29, 1.82) is 0 Å². The zero-order chi connectivity index (χ0) is 18.6. The Morgan fingerprint density at radius 3 is 2.67 bits per heavy atom. The fourth-order valence-electron chi connectivity index (χ4n) is 3.55. The number of ether oxygens (including phenoxy) is 2. The molecule has 0 spiro atoms. The van der Waals surface area contributed by atoms with Crippen molar-refractivity contribution < 1.29 is 9.47 Å². The Morgan fingerprint density at radius 1 is 1.04 bits per heavy atom. The van der Waals surface area contributed by atoms with Gasteiger partial charge in [0.2, 0.25) is 0 Å². The molecule has 1 saturated heterocycles. The van der Waals surface area contributed by atoms with Crippen molar-refractivity contribution >= 4 is 5.69 Å². The van der Waals surface area contributed by atoms with E-state index >= 15 is 0 Å². The molecule has 0 radical (unpaired) electrons. The van der Waals surface area contributed by atoms with Gasteiger partial charge in [0.1, 0.15) is 5.75 Å². The van der Waals surface area contributed by atoms with E-state index in [-0.39, 0.29) is 6.23 Å². The highest BCUT2D eigenvalue weighted by Crippen LogP contribution is 2.33. The van der Waals surface area contributed by atoms with E-state index in [4.69, 9.17) is 9.47 Å². The van der Waals surface area contributed by atoms with Crippen molar-refractivity contribution in [2.24, 2.45) is 0 Å². The summed E-state index contributed by atoms with van der Waals surface area (Å²) in [6, 6.07) is 19.1. The van der Waals surface area contributed by atoms with Crippen LogP contribution in [0.25, 0.3) is 5.69 Å². The third-order valence-corrected chi connectivity index (χ3v) is 4.99. The van der Waals surface area contributed by atoms with E-state index in [0.717, 1.165) is 36.6 Å². The van der Waals surface area contributed by atoms with Crippen LogP contribution in [0.4, 0.5) is 5.69 Å². The monoisotopic (exact) mass is 362 g/mol. The van der Waals surface area contributed by atoms with Crippen molar-refractivity contribution in [3.05, 3.63) is 78.1 Å². The standard InChI is InChI=1S/C23H26N2O2/c1-3-18-8-10-20(11-9-18)25-14-15-27-23(25)19-12-13-24(17-19)21-6-5-7-22(16-21)26-4-2/h5-13,16-17,23H,3-4,14-15H2,1-2H3. The first-order chi connectivity index (χ1) is 13.3. The normalized spacial score (nSPS) is 16.7. The molecule has 4 nitrogen and oxygen atoms in total. The molecule has 3 aromatic rings. The van der Waals surface area contributed by atoms with Gasteiger partial charge in [-0.2, -0.15) is 0 Å². The summed E-state index contributed by atoms with van der Waals surface area (Å²) < 4.78 is 13.8. The highest BCUT2D eigenvalue weighted by Gasteiger charge is 2.27. The van der Waals surface area contributed by atoms with Crippen molar-refractivity contribution in [2.75, 3.05) is 24.7 Å². The van der Waals surface area contributed by atoms with Crippen molar-refractivity contribution in [1.82, 2.24) is 4.57 Å². The predicted octanol–water partition coefficient (Wildman–Crippen LogP) is 4.97. The van der Waals surface area contributed by atoms with Gasteiger partial charge in [0, 0.05) is 41.9 Å². The Labute approximate surface area is 161 Å². The summed E-state index contributed by atoms with van der Waals surface area (Å²) >= 11 is 0. The molecule has 140 valence electrons. The van der Waals surface area contributed by atoms with E-state index in [1.54, 1.807) is 0 Å². The highest BCUT2D eigenvalue weighted by atomic mass is 16.5. The van der Waals surface area contributed by atoms with Crippen molar-refractivity contribution in [3.8, 4) is 11.4 Å². The second-order valence-corrected chi connectivity index (χ2v) is 6.72. The quantitative estimate of drug-likeness (QED) is 0.619. The maximum Gasteiger partial charge on any atom is 0.158 e. The summed E-state index contributed by atoms with van der Waals surface area (Å²) in [7, 11) is 0. The summed E-state index contributed by atoms with van der Waals surface area (Å²) in [6.07, 6.45) is 5.24. The summed E-state index contributed by atoms with van der Waals surface area (Å²) in [5.41, 5.74) is 4.81. The lowest BCUT2D eigenvalue weighted by molar-refractivity contribution is 0.114. The van der Waals surface area contributed by atoms with Crippen LogP contribution in [0.2, 0.25) is 0 Å². The fourth-order valence-corrected chi connectivity index (χ4v) is 3.55. The molecule has 2 heterocycles. The van der Waals surface area contributed by atoms with Crippen LogP contribution in [0.3, 0.4) is 0 Å².